The van der Waals surface area contributed by atoms with Crippen LogP contribution < -0.4 is 5.32 Å². The molecule has 4 aliphatic rings. The minimum atomic E-state index is -0.864. The molecule has 0 radical (unpaired) electrons. The van der Waals surface area contributed by atoms with Crippen LogP contribution in [-0.4, -0.2) is 52.7 Å². The zero-order chi connectivity index (χ0) is 29.4. The van der Waals surface area contributed by atoms with Crippen LogP contribution in [0.2, 0.25) is 0 Å². The lowest BCUT2D eigenvalue weighted by Crippen LogP contribution is -2.53. The number of aromatic hydroxyl groups is 1. The van der Waals surface area contributed by atoms with Crippen LogP contribution in [0.1, 0.15) is 84.6 Å². The normalized spacial score (nSPS) is 35.9. The lowest BCUT2D eigenvalue weighted by molar-refractivity contribution is -0.147. The SMILES string of the molecule is CCOC(=O)[C@H](Cc1ccc(O)cc1)NC(=O)CO/N=C1\C=C2CC[C@@H]3[C@@H](CC[C@@]4(C)[C@H]3CC[C@]4(C)O)[C@@]2(C)CC1. The molecule has 5 rings (SSSR count). The summed E-state index contributed by atoms with van der Waals surface area (Å²) in [5, 5.41) is 27.7. The number of hydrogen-bond acceptors (Lipinski definition) is 7. The van der Waals surface area contributed by atoms with Gasteiger partial charge in [0.15, 0.2) is 6.61 Å². The van der Waals surface area contributed by atoms with Crippen molar-refractivity contribution >= 4 is 17.6 Å². The van der Waals surface area contributed by atoms with Crippen LogP contribution in [0.4, 0.5) is 0 Å². The van der Waals surface area contributed by atoms with Gasteiger partial charge in [0, 0.05) is 6.42 Å². The Morgan fingerprint density at radius 2 is 1.78 bits per heavy atom. The molecule has 3 fully saturated rings. The molecule has 1 aromatic carbocycles. The summed E-state index contributed by atoms with van der Waals surface area (Å²) in [5.74, 6) is 1.07. The quantitative estimate of drug-likeness (QED) is 0.299. The first kappa shape index (κ1) is 29.6. The zero-order valence-corrected chi connectivity index (χ0v) is 24.9. The average molecular weight is 567 g/mol. The second-order valence-electron chi connectivity index (χ2n) is 13.4. The Bertz CT molecular complexity index is 1210. The molecule has 3 saturated carbocycles. The molecule has 224 valence electrons. The fourth-order valence-corrected chi connectivity index (χ4v) is 8.60. The van der Waals surface area contributed by atoms with Crippen LogP contribution in [0.3, 0.4) is 0 Å². The van der Waals surface area contributed by atoms with Gasteiger partial charge in [0.2, 0.25) is 0 Å². The number of phenolic OH excluding ortho intramolecular Hbond substituents is 1. The highest BCUT2D eigenvalue weighted by Gasteiger charge is 2.62. The van der Waals surface area contributed by atoms with Gasteiger partial charge in [-0.2, -0.15) is 0 Å². The van der Waals surface area contributed by atoms with Gasteiger partial charge in [-0.1, -0.05) is 36.7 Å². The van der Waals surface area contributed by atoms with Crippen LogP contribution in [-0.2, 0) is 25.6 Å². The Morgan fingerprint density at radius 3 is 2.51 bits per heavy atom. The van der Waals surface area contributed by atoms with Gasteiger partial charge in [0.1, 0.15) is 11.8 Å². The van der Waals surface area contributed by atoms with E-state index < -0.39 is 23.5 Å². The molecular formula is C33H46N2O6. The predicted molar refractivity (Wildman–Crippen MR) is 156 cm³/mol. The highest BCUT2D eigenvalue weighted by molar-refractivity contribution is 5.96. The third kappa shape index (κ3) is 5.64. The molecule has 0 spiro atoms. The molecule has 8 heteroatoms. The van der Waals surface area contributed by atoms with E-state index in [1.807, 2.05) is 0 Å². The fourth-order valence-electron chi connectivity index (χ4n) is 8.60. The minimum Gasteiger partial charge on any atom is -0.508 e. The molecule has 4 aliphatic carbocycles. The number of nitrogens with zero attached hydrogens (tertiary/aromatic N) is 1. The first-order valence-electron chi connectivity index (χ1n) is 15.3. The molecule has 8 nitrogen and oxygen atoms in total. The number of allylic oxidation sites excluding steroid dienone is 2. The monoisotopic (exact) mass is 566 g/mol. The molecule has 41 heavy (non-hydrogen) atoms. The molecule has 0 aromatic heterocycles. The van der Waals surface area contributed by atoms with Crippen molar-refractivity contribution in [2.24, 2.45) is 33.7 Å². The highest BCUT2D eigenvalue weighted by Crippen LogP contribution is 2.67. The Kier molecular flexibility index (Phi) is 8.25. The average Bonchev–Trinajstić information content (AvgIpc) is 3.18. The summed E-state index contributed by atoms with van der Waals surface area (Å²) in [4.78, 5) is 30.6. The van der Waals surface area contributed by atoms with E-state index in [9.17, 15) is 19.8 Å². The largest absolute Gasteiger partial charge is 0.508 e. The van der Waals surface area contributed by atoms with E-state index in [0.29, 0.717) is 17.8 Å². The molecular weight excluding hydrogens is 520 g/mol. The van der Waals surface area contributed by atoms with Crippen molar-refractivity contribution in [3.63, 3.8) is 0 Å². The maximum absolute atomic E-state index is 12.7. The van der Waals surface area contributed by atoms with Crippen molar-refractivity contribution in [1.29, 1.82) is 0 Å². The number of nitrogens with one attached hydrogen (secondary N) is 1. The maximum Gasteiger partial charge on any atom is 0.328 e. The standard InChI is InChI=1S/C33H46N2O6/c1-5-40-30(38)28(18-21-6-9-24(36)10-7-21)34-29(37)20-41-35-23-12-15-31(2)22(19-23)8-11-25-26(31)13-16-32(3)27(25)14-17-33(32,4)39/h6-7,9-10,19,25-28,36,39H,5,8,11-18,20H2,1-4H3,(H,34,37)/b35-23-/t25-,26-,27+,28+,31+,32+,33+/m1/s1. The Labute approximate surface area is 243 Å². The number of phenols is 1. The summed E-state index contributed by atoms with van der Waals surface area (Å²) in [5.41, 5.74) is 2.71. The van der Waals surface area contributed by atoms with Gasteiger partial charge < -0.3 is 25.1 Å². The van der Waals surface area contributed by atoms with Crippen LogP contribution in [0, 0.1) is 28.6 Å². The van der Waals surface area contributed by atoms with Crippen molar-refractivity contribution in [1.82, 2.24) is 5.32 Å². The summed E-state index contributed by atoms with van der Waals surface area (Å²) in [6, 6.07) is 5.63. The number of carbonyl (C=O) groups excluding carboxylic acids is 2. The Morgan fingerprint density at radius 1 is 1.05 bits per heavy atom. The fraction of sp³-hybridized carbons (Fsp3) is 0.667. The number of carbonyl (C=O) groups is 2. The lowest BCUT2D eigenvalue weighted by atomic mass is 9.46. The number of hydrogen-bond donors (Lipinski definition) is 3. The van der Waals surface area contributed by atoms with E-state index in [0.717, 1.165) is 62.6 Å². The zero-order valence-electron chi connectivity index (χ0n) is 24.9. The van der Waals surface area contributed by atoms with Crippen molar-refractivity contribution in [2.75, 3.05) is 13.2 Å². The number of rotatable bonds is 8. The van der Waals surface area contributed by atoms with Gasteiger partial charge in [0.05, 0.1) is 17.9 Å². The summed E-state index contributed by atoms with van der Waals surface area (Å²) in [7, 11) is 0. The van der Waals surface area contributed by atoms with Crippen molar-refractivity contribution in [2.45, 2.75) is 97.1 Å². The molecule has 1 amide bonds. The van der Waals surface area contributed by atoms with E-state index in [-0.39, 0.29) is 36.2 Å². The number of oxime groups is 1. The number of fused-ring (bicyclic) bond motifs is 5. The number of benzene rings is 1. The number of esters is 1. The number of aliphatic hydroxyl groups is 1. The van der Waals surface area contributed by atoms with Gasteiger partial charge in [-0.25, -0.2) is 4.79 Å². The summed E-state index contributed by atoms with van der Waals surface area (Å²) < 4.78 is 5.15. The Hall–Kier alpha value is -2.87. The van der Waals surface area contributed by atoms with E-state index in [1.54, 1.807) is 31.2 Å². The van der Waals surface area contributed by atoms with E-state index in [4.69, 9.17) is 9.57 Å². The predicted octanol–water partition coefficient (Wildman–Crippen LogP) is 5.07. The van der Waals surface area contributed by atoms with Gasteiger partial charge in [0.25, 0.3) is 5.91 Å². The lowest BCUT2D eigenvalue weighted by Gasteiger charge is -2.59. The molecule has 0 saturated heterocycles. The van der Waals surface area contributed by atoms with E-state index in [1.165, 1.54) is 5.57 Å². The summed E-state index contributed by atoms with van der Waals surface area (Å²) >= 11 is 0. The summed E-state index contributed by atoms with van der Waals surface area (Å²) in [6.07, 6.45) is 10.8. The minimum absolute atomic E-state index is 0.0256. The van der Waals surface area contributed by atoms with Gasteiger partial charge >= 0.3 is 5.97 Å². The molecule has 7 atom stereocenters. The Balaban J connectivity index is 1.19. The third-order valence-corrected chi connectivity index (χ3v) is 11.2. The van der Waals surface area contributed by atoms with Crippen LogP contribution in [0.5, 0.6) is 5.75 Å². The summed E-state index contributed by atoms with van der Waals surface area (Å²) in [6.45, 7) is 8.45. The second kappa shape index (κ2) is 11.4. The van der Waals surface area contributed by atoms with Gasteiger partial charge in [-0.15, -0.1) is 0 Å². The van der Waals surface area contributed by atoms with Gasteiger partial charge in [-0.05, 0) is 118 Å². The topological polar surface area (TPSA) is 117 Å². The van der Waals surface area contributed by atoms with E-state index >= 15 is 0 Å². The smallest absolute Gasteiger partial charge is 0.328 e. The highest BCUT2D eigenvalue weighted by atomic mass is 16.6. The van der Waals surface area contributed by atoms with E-state index in [2.05, 4.69) is 37.3 Å². The molecule has 0 unspecified atom stereocenters. The second-order valence-corrected chi connectivity index (χ2v) is 13.4. The number of ether oxygens (including phenoxy) is 1. The van der Waals surface area contributed by atoms with Crippen LogP contribution in [0.15, 0.2) is 41.1 Å². The third-order valence-electron chi connectivity index (χ3n) is 11.2. The van der Waals surface area contributed by atoms with Crippen molar-refractivity contribution in [3.05, 3.63) is 41.5 Å². The van der Waals surface area contributed by atoms with Crippen LogP contribution >= 0.6 is 0 Å². The maximum atomic E-state index is 12.7. The molecule has 0 bridgehead atoms. The van der Waals surface area contributed by atoms with Crippen molar-refractivity contribution in [3.8, 4) is 5.75 Å². The molecule has 0 heterocycles. The number of amides is 1. The molecule has 1 aromatic rings. The molecule has 0 aliphatic heterocycles. The molecule has 3 N–H and O–H groups in total. The first-order chi connectivity index (χ1) is 19.5. The first-order valence-corrected chi connectivity index (χ1v) is 15.3. The van der Waals surface area contributed by atoms with Gasteiger partial charge in [-0.3, -0.25) is 4.79 Å². The van der Waals surface area contributed by atoms with Crippen molar-refractivity contribution < 1.29 is 29.4 Å². The van der Waals surface area contributed by atoms with Crippen LogP contribution in [0.25, 0.3) is 0 Å².